The first-order chi connectivity index (χ1) is 16.4. The molecule has 4 rings (SSSR count). The summed E-state index contributed by atoms with van der Waals surface area (Å²) in [6.45, 7) is 5.48. The van der Waals surface area contributed by atoms with E-state index in [-0.39, 0.29) is 12.6 Å². The van der Waals surface area contributed by atoms with E-state index in [2.05, 4.69) is 27.4 Å². The zero-order valence-corrected chi connectivity index (χ0v) is 19.7. The maximum Gasteiger partial charge on any atom is 0.163 e. The van der Waals surface area contributed by atoms with Crippen molar-refractivity contribution in [1.82, 2.24) is 19.9 Å². The summed E-state index contributed by atoms with van der Waals surface area (Å²) in [5.74, 6) is 6.04. The Bertz CT molecular complexity index is 1210. The molecule has 0 spiro atoms. The van der Waals surface area contributed by atoms with Crippen LogP contribution in [0.15, 0.2) is 46.9 Å². The van der Waals surface area contributed by atoms with Crippen LogP contribution in [0, 0.1) is 11.7 Å². The fourth-order valence-corrected chi connectivity index (χ4v) is 4.29. The van der Waals surface area contributed by atoms with Gasteiger partial charge in [-0.3, -0.25) is 9.98 Å². The summed E-state index contributed by atoms with van der Waals surface area (Å²) >= 11 is 6.37. The summed E-state index contributed by atoms with van der Waals surface area (Å²) in [4.78, 5) is 8.92. The van der Waals surface area contributed by atoms with Gasteiger partial charge < -0.3 is 21.0 Å². The largest absolute Gasteiger partial charge is 0.479 e. The number of piperidine rings is 1. The lowest BCUT2D eigenvalue weighted by Crippen LogP contribution is -2.38. The molecule has 0 bridgehead atoms. The van der Waals surface area contributed by atoms with Gasteiger partial charge in [0.05, 0.1) is 41.5 Å². The van der Waals surface area contributed by atoms with E-state index in [1.54, 1.807) is 16.8 Å². The maximum absolute atomic E-state index is 13.3. The number of fused-ring (bicyclic) bond motifs is 1. The molecule has 3 aromatic rings. The summed E-state index contributed by atoms with van der Waals surface area (Å²) < 4.78 is 21.0. The fourth-order valence-electron chi connectivity index (χ4n) is 4.07. The summed E-state index contributed by atoms with van der Waals surface area (Å²) in [5.41, 5.74) is 2.68. The molecule has 180 valence electrons. The molecule has 0 amide bonds. The second kappa shape index (κ2) is 10.5. The molecule has 4 heterocycles. The van der Waals surface area contributed by atoms with Crippen LogP contribution in [0.5, 0.6) is 5.75 Å². The Balaban J connectivity index is 1.72. The average Bonchev–Trinajstić information content (AvgIpc) is 3.21. The summed E-state index contributed by atoms with van der Waals surface area (Å²) in [7, 11) is 0. The van der Waals surface area contributed by atoms with Crippen molar-refractivity contribution in [3.63, 3.8) is 0 Å². The highest BCUT2D eigenvalue weighted by Gasteiger charge is 2.23. The molecule has 0 radical (unpaired) electrons. The van der Waals surface area contributed by atoms with Crippen molar-refractivity contribution in [3.05, 3.63) is 58.9 Å². The van der Waals surface area contributed by atoms with E-state index >= 15 is 0 Å². The molecule has 1 fully saturated rings. The third kappa shape index (κ3) is 5.03. The Hall–Kier alpha value is -3.08. The van der Waals surface area contributed by atoms with Crippen molar-refractivity contribution in [2.45, 2.75) is 32.4 Å². The molecule has 1 aliphatic rings. The Labute approximate surface area is 201 Å². The zero-order valence-electron chi connectivity index (χ0n) is 18.9. The van der Waals surface area contributed by atoms with Crippen LogP contribution in [0.4, 0.5) is 4.39 Å². The molecule has 4 N–H and O–H groups in total. The molecule has 0 aromatic carbocycles. The van der Waals surface area contributed by atoms with Crippen molar-refractivity contribution < 1.29 is 14.2 Å². The van der Waals surface area contributed by atoms with Gasteiger partial charge in [0.25, 0.3) is 0 Å². The Kier molecular flexibility index (Phi) is 7.40. The highest BCUT2D eigenvalue weighted by Crippen LogP contribution is 2.32. The van der Waals surface area contributed by atoms with Gasteiger partial charge in [0.1, 0.15) is 22.8 Å². The number of nitrogens with two attached hydrogens (primary N) is 1. The van der Waals surface area contributed by atoms with Gasteiger partial charge in [-0.1, -0.05) is 18.5 Å². The highest BCUT2D eigenvalue weighted by atomic mass is 35.5. The van der Waals surface area contributed by atoms with Gasteiger partial charge in [0, 0.05) is 11.8 Å². The number of rotatable bonds is 7. The SMILES string of the molecule is CC(=NC1CCNCC1C)/C(=N\N)c1cc(OC(CO)c2ccc(F)cn2)c2c(Cl)cnn2c1. The molecule has 0 saturated carbocycles. The monoisotopic (exact) mass is 487 g/mol. The number of aromatic nitrogens is 3. The molecule has 0 aliphatic carbocycles. The van der Waals surface area contributed by atoms with Crippen LogP contribution >= 0.6 is 11.6 Å². The lowest BCUT2D eigenvalue weighted by Gasteiger charge is -2.27. The minimum Gasteiger partial charge on any atom is -0.479 e. The Morgan fingerprint density at radius 1 is 1.44 bits per heavy atom. The zero-order chi connectivity index (χ0) is 24.2. The van der Waals surface area contributed by atoms with Crippen LogP contribution < -0.4 is 15.9 Å². The second-order valence-corrected chi connectivity index (χ2v) is 8.71. The van der Waals surface area contributed by atoms with E-state index in [0.717, 1.165) is 25.7 Å². The third-order valence-corrected chi connectivity index (χ3v) is 6.17. The molecule has 11 heteroatoms. The number of nitrogens with zero attached hydrogens (tertiary/aromatic N) is 5. The minimum absolute atomic E-state index is 0.167. The van der Waals surface area contributed by atoms with E-state index in [9.17, 15) is 9.50 Å². The van der Waals surface area contributed by atoms with E-state index in [4.69, 9.17) is 27.2 Å². The number of halogens is 2. The van der Waals surface area contributed by atoms with Gasteiger partial charge in [0.15, 0.2) is 6.10 Å². The number of pyridine rings is 2. The maximum atomic E-state index is 13.3. The average molecular weight is 488 g/mol. The molecular formula is C23H27ClFN7O2. The number of aliphatic imine (C=N–C) groups is 1. The van der Waals surface area contributed by atoms with Crippen molar-refractivity contribution in [1.29, 1.82) is 0 Å². The first kappa shape index (κ1) is 24.1. The van der Waals surface area contributed by atoms with Crippen LogP contribution in [-0.4, -0.2) is 56.9 Å². The van der Waals surface area contributed by atoms with Crippen LogP contribution in [0.2, 0.25) is 5.02 Å². The van der Waals surface area contributed by atoms with Crippen LogP contribution in [-0.2, 0) is 0 Å². The van der Waals surface area contributed by atoms with E-state index in [1.807, 2.05) is 6.92 Å². The van der Waals surface area contributed by atoms with Gasteiger partial charge >= 0.3 is 0 Å². The van der Waals surface area contributed by atoms with Gasteiger partial charge in [0.2, 0.25) is 0 Å². The minimum atomic E-state index is -0.853. The van der Waals surface area contributed by atoms with Gasteiger partial charge in [-0.15, -0.1) is 0 Å². The van der Waals surface area contributed by atoms with Crippen LogP contribution in [0.3, 0.4) is 0 Å². The molecule has 3 unspecified atom stereocenters. The number of hydrazone groups is 1. The predicted molar refractivity (Wildman–Crippen MR) is 129 cm³/mol. The number of hydrogen-bond acceptors (Lipinski definition) is 8. The standard InChI is InChI=1S/C23H27ClFN7O2/c1-13-8-27-6-5-18(13)30-14(2)22(31-26)15-7-20(23-17(24)10-29-32(23)11-15)34-21(12-33)19-4-3-16(25)9-28-19/h3-4,7,9-11,13,18,21,27,33H,5-6,8,12,26H2,1-2H3/b30-14?,31-22+. The predicted octanol–water partition coefficient (Wildman–Crippen LogP) is 2.76. The summed E-state index contributed by atoms with van der Waals surface area (Å²) in [5, 5.41) is 22.0. The van der Waals surface area contributed by atoms with Crippen molar-refractivity contribution in [2.75, 3.05) is 19.7 Å². The molecule has 3 aromatic heterocycles. The molecule has 1 saturated heterocycles. The summed E-state index contributed by atoms with van der Waals surface area (Å²) in [6.07, 6.45) is 4.39. The number of hydrogen-bond donors (Lipinski definition) is 3. The fraction of sp³-hybridized carbons (Fsp3) is 0.391. The normalized spacial score (nSPS) is 20.5. The molecule has 3 atom stereocenters. The van der Waals surface area contributed by atoms with Crippen LogP contribution in [0.1, 0.15) is 37.6 Å². The summed E-state index contributed by atoms with van der Waals surface area (Å²) in [6, 6.07) is 4.61. The number of aliphatic hydroxyl groups excluding tert-OH is 1. The topological polar surface area (TPSA) is 122 Å². The Morgan fingerprint density at radius 2 is 2.26 bits per heavy atom. The lowest BCUT2D eigenvalue weighted by molar-refractivity contribution is 0.114. The number of nitrogens with one attached hydrogen (secondary N) is 1. The van der Waals surface area contributed by atoms with Gasteiger partial charge in [-0.25, -0.2) is 8.91 Å². The van der Waals surface area contributed by atoms with Crippen molar-refractivity contribution in [2.24, 2.45) is 21.9 Å². The lowest BCUT2D eigenvalue weighted by atomic mass is 9.95. The second-order valence-electron chi connectivity index (χ2n) is 8.30. The van der Waals surface area contributed by atoms with E-state index in [1.165, 1.54) is 18.3 Å². The Morgan fingerprint density at radius 3 is 2.94 bits per heavy atom. The van der Waals surface area contributed by atoms with Crippen molar-refractivity contribution in [3.8, 4) is 5.75 Å². The van der Waals surface area contributed by atoms with Crippen molar-refractivity contribution >= 4 is 28.5 Å². The van der Waals surface area contributed by atoms with Gasteiger partial charge in [-0.05, 0) is 50.6 Å². The third-order valence-electron chi connectivity index (χ3n) is 5.89. The molecule has 9 nitrogen and oxygen atoms in total. The van der Waals surface area contributed by atoms with E-state index < -0.39 is 11.9 Å². The number of ether oxygens (including phenoxy) is 1. The highest BCUT2D eigenvalue weighted by molar-refractivity contribution is 6.47. The quantitative estimate of drug-likeness (QED) is 0.267. The first-order valence-corrected chi connectivity index (χ1v) is 11.4. The first-order valence-electron chi connectivity index (χ1n) is 11.0. The number of aliphatic hydroxyl groups is 1. The smallest absolute Gasteiger partial charge is 0.163 e. The molecule has 34 heavy (non-hydrogen) atoms. The van der Waals surface area contributed by atoms with E-state index in [0.29, 0.717) is 44.9 Å². The molecular weight excluding hydrogens is 461 g/mol. The molecule has 1 aliphatic heterocycles. The van der Waals surface area contributed by atoms with Gasteiger partial charge in [-0.2, -0.15) is 10.2 Å². The van der Waals surface area contributed by atoms with Crippen LogP contribution in [0.25, 0.3) is 5.52 Å².